The monoisotopic (exact) mass is 296 g/mol. The Morgan fingerprint density at radius 1 is 1.19 bits per heavy atom. The first-order valence-electron chi connectivity index (χ1n) is 8.85. The Morgan fingerprint density at radius 2 is 1.90 bits per heavy atom. The largest absolute Gasteiger partial charge is 0.370 e. The van der Waals surface area contributed by atoms with E-state index in [2.05, 4.69) is 5.32 Å². The fourth-order valence-electron chi connectivity index (χ4n) is 3.80. The van der Waals surface area contributed by atoms with Crippen LogP contribution in [0.25, 0.3) is 0 Å². The maximum atomic E-state index is 11.9. The summed E-state index contributed by atoms with van der Waals surface area (Å²) >= 11 is 0. The van der Waals surface area contributed by atoms with Gasteiger partial charge in [0.05, 0.1) is 11.7 Å². The third-order valence-corrected chi connectivity index (χ3v) is 5.11. The van der Waals surface area contributed by atoms with Crippen LogP contribution in [0.5, 0.6) is 0 Å². The van der Waals surface area contributed by atoms with Crippen LogP contribution in [0, 0.1) is 0 Å². The highest BCUT2D eigenvalue weighted by atomic mass is 16.5. The third-order valence-electron chi connectivity index (χ3n) is 5.11. The zero-order valence-corrected chi connectivity index (χ0v) is 13.8. The molecule has 1 amide bonds. The molecule has 0 aromatic heterocycles. The van der Waals surface area contributed by atoms with Crippen molar-refractivity contribution in [1.29, 1.82) is 0 Å². The fourth-order valence-corrected chi connectivity index (χ4v) is 3.80. The Kier molecular flexibility index (Phi) is 6.49. The summed E-state index contributed by atoms with van der Waals surface area (Å²) in [4.78, 5) is 13.8. The molecule has 1 atom stereocenters. The van der Waals surface area contributed by atoms with E-state index in [9.17, 15) is 4.79 Å². The van der Waals surface area contributed by atoms with Gasteiger partial charge >= 0.3 is 0 Å². The lowest BCUT2D eigenvalue weighted by Gasteiger charge is -2.33. The van der Waals surface area contributed by atoms with Crippen LogP contribution < -0.4 is 5.32 Å². The Hall–Kier alpha value is -0.610. The highest BCUT2D eigenvalue weighted by Gasteiger charge is 2.40. The van der Waals surface area contributed by atoms with Gasteiger partial charge in [-0.05, 0) is 39.5 Å². The van der Waals surface area contributed by atoms with Gasteiger partial charge < -0.3 is 15.0 Å². The summed E-state index contributed by atoms with van der Waals surface area (Å²) in [5.41, 5.74) is 0.210. The summed E-state index contributed by atoms with van der Waals surface area (Å²) in [6.45, 7) is 7.35. The van der Waals surface area contributed by atoms with Crippen LogP contribution in [0.1, 0.15) is 65.2 Å². The minimum absolute atomic E-state index is 0.210. The van der Waals surface area contributed by atoms with E-state index in [0.717, 1.165) is 26.2 Å². The van der Waals surface area contributed by atoms with E-state index in [1.165, 1.54) is 44.9 Å². The Balaban J connectivity index is 1.60. The SMILES string of the molecule is CCN(CC)C(=O)CCNCC1CCC2(CCCCC2)O1. The van der Waals surface area contributed by atoms with Crippen molar-refractivity contribution in [3.05, 3.63) is 0 Å². The molecule has 1 heterocycles. The molecule has 1 spiro atoms. The summed E-state index contributed by atoms with van der Waals surface area (Å²) < 4.78 is 6.33. The van der Waals surface area contributed by atoms with Gasteiger partial charge in [-0.1, -0.05) is 19.3 Å². The molecule has 1 saturated carbocycles. The summed E-state index contributed by atoms with van der Waals surface area (Å²) in [6.07, 6.45) is 9.91. The Bertz CT molecular complexity index is 323. The van der Waals surface area contributed by atoms with Gasteiger partial charge in [0.2, 0.25) is 5.91 Å². The average molecular weight is 296 g/mol. The molecule has 0 aromatic rings. The molecule has 122 valence electrons. The highest BCUT2D eigenvalue weighted by Crippen LogP contribution is 2.41. The molecule has 0 aromatic carbocycles. The number of carbonyl (C=O) groups excluding carboxylic acids is 1. The summed E-state index contributed by atoms with van der Waals surface area (Å²) in [7, 11) is 0. The van der Waals surface area contributed by atoms with Crippen LogP contribution in [0.2, 0.25) is 0 Å². The molecule has 0 bridgehead atoms. The molecule has 2 aliphatic rings. The number of hydrogen-bond donors (Lipinski definition) is 1. The zero-order valence-electron chi connectivity index (χ0n) is 13.8. The van der Waals surface area contributed by atoms with Gasteiger partial charge in [0.25, 0.3) is 0 Å². The van der Waals surface area contributed by atoms with E-state index in [4.69, 9.17) is 4.74 Å². The number of rotatable bonds is 7. The first kappa shape index (κ1) is 16.8. The normalized spacial score (nSPS) is 24.4. The standard InChI is InChI=1S/C17H32N2O2/c1-3-19(4-2)16(20)9-13-18-14-15-8-12-17(21-15)10-6-5-7-11-17/h15,18H,3-14H2,1-2H3. The van der Waals surface area contributed by atoms with Crippen molar-refractivity contribution in [3.63, 3.8) is 0 Å². The van der Waals surface area contributed by atoms with E-state index in [1.807, 2.05) is 18.7 Å². The quantitative estimate of drug-likeness (QED) is 0.735. The lowest BCUT2D eigenvalue weighted by molar-refractivity contribution is -0.130. The van der Waals surface area contributed by atoms with E-state index in [0.29, 0.717) is 12.5 Å². The molecule has 1 aliphatic carbocycles. The summed E-state index contributed by atoms with van der Waals surface area (Å²) in [6, 6.07) is 0. The van der Waals surface area contributed by atoms with Crippen molar-refractivity contribution in [3.8, 4) is 0 Å². The second-order valence-corrected chi connectivity index (χ2v) is 6.54. The molecule has 0 radical (unpaired) electrons. The zero-order chi connectivity index (χ0) is 15.1. The van der Waals surface area contributed by atoms with E-state index < -0.39 is 0 Å². The lowest BCUT2D eigenvalue weighted by Crippen LogP contribution is -2.36. The molecule has 1 N–H and O–H groups in total. The molecule has 2 fully saturated rings. The van der Waals surface area contributed by atoms with Crippen LogP contribution in [0.3, 0.4) is 0 Å². The van der Waals surface area contributed by atoms with Crippen molar-refractivity contribution < 1.29 is 9.53 Å². The molecular formula is C17H32N2O2. The molecule has 4 nitrogen and oxygen atoms in total. The number of hydrogen-bond acceptors (Lipinski definition) is 3. The number of ether oxygens (including phenoxy) is 1. The molecule has 1 unspecified atom stereocenters. The molecule has 1 aliphatic heterocycles. The van der Waals surface area contributed by atoms with Crippen molar-refractivity contribution >= 4 is 5.91 Å². The van der Waals surface area contributed by atoms with Crippen LogP contribution in [0.4, 0.5) is 0 Å². The topological polar surface area (TPSA) is 41.6 Å². The Labute approximate surface area is 129 Å². The third kappa shape index (κ3) is 4.68. The maximum absolute atomic E-state index is 11.9. The van der Waals surface area contributed by atoms with Gasteiger partial charge in [-0.2, -0.15) is 0 Å². The number of nitrogens with zero attached hydrogens (tertiary/aromatic N) is 1. The van der Waals surface area contributed by atoms with E-state index >= 15 is 0 Å². The first-order valence-corrected chi connectivity index (χ1v) is 8.85. The summed E-state index contributed by atoms with van der Waals surface area (Å²) in [5, 5.41) is 3.41. The van der Waals surface area contributed by atoms with Gasteiger partial charge in [0.15, 0.2) is 0 Å². The predicted molar refractivity (Wildman–Crippen MR) is 85.3 cm³/mol. The molecule has 2 rings (SSSR count). The Morgan fingerprint density at radius 3 is 2.57 bits per heavy atom. The number of nitrogens with one attached hydrogen (secondary N) is 1. The van der Waals surface area contributed by atoms with Crippen molar-refractivity contribution in [2.45, 2.75) is 76.9 Å². The average Bonchev–Trinajstić information content (AvgIpc) is 2.88. The second kappa shape index (κ2) is 8.14. The second-order valence-electron chi connectivity index (χ2n) is 6.54. The van der Waals surface area contributed by atoms with E-state index in [-0.39, 0.29) is 11.5 Å². The minimum Gasteiger partial charge on any atom is -0.370 e. The van der Waals surface area contributed by atoms with Crippen LogP contribution in [-0.4, -0.2) is 48.7 Å². The van der Waals surface area contributed by atoms with Crippen LogP contribution in [0.15, 0.2) is 0 Å². The lowest BCUT2D eigenvalue weighted by atomic mass is 9.83. The van der Waals surface area contributed by atoms with Crippen molar-refractivity contribution in [1.82, 2.24) is 10.2 Å². The number of carbonyl (C=O) groups is 1. The first-order chi connectivity index (χ1) is 10.2. The maximum Gasteiger partial charge on any atom is 0.223 e. The molecule has 21 heavy (non-hydrogen) atoms. The van der Waals surface area contributed by atoms with Crippen LogP contribution in [-0.2, 0) is 9.53 Å². The number of amides is 1. The fraction of sp³-hybridized carbons (Fsp3) is 0.941. The van der Waals surface area contributed by atoms with Gasteiger partial charge in [0, 0.05) is 32.6 Å². The minimum atomic E-state index is 0.210. The van der Waals surface area contributed by atoms with Crippen molar-refractivity contribution in [2.24, 2.45) is 0 Å². The van der Waals surface area contributed by atoms with Crippen LogP contribution >= 0.6 is 0 Å². The van der Waals surface area contributed by atoms with Gasteiger partial charge in [-0.3, -0.25) is 4.79 Å². The predicted octanol–water partition coefficient (Wildman–Crippen LogP) is 2.72. The molecule has 4 heteroatoms. The molecule has 1 saturated heterocycles. The van der Waals surface area contributed by atoms with Gasteiger partial charge in [0.1, 0.15) is 0 Å². The van der Waals surface area contributed by atoms with Gasteiger partial charge in [-0.25, -0.2) is 0 Å². The summed E-state index contributed by atoms with van der Waals surface area (Å²) in [5.74, 6) is 0.253. The van der Waals surface area contributed by atoms with E-state index in [1.54, 1.807) is 0 Å². The highest BCUT2D eigenvalue weighted by molar-refractivity contribution is 5.76. The molecular weight excluding hydrogens is 264 g/mol. The van der Waals surface area contributed by atoms with Gasteiger partial charge in [-0.15, -0.1) is 0 Å². The van der Waals surface area contributed by atoms with Crippen molar-refractivity contribution in [2.75, 3.05) is 26.2 Å². The smallest absolute Gasteiger partial charge is 0.223 e.